The van der Waals surface area contributed by atoms with Crippen LogP contribution in [0.15, 0.2) is 11.6 Å². The van der Waals surface area contributed by atoms with Crippen LogP contribution in [0, 0.1) is 11.3 Å². The van der Waals surface area contributed by atoms with Crippen molar-refractivity contribution in [2.24, 2.45) is 0 Å². The van der Waals surface area contributed by atoms with Crippen LogP contribution in [0.4, 0.5) is 0 Å². The maximum absolute atomic E-state index is 7.66. The molecule has 0 heterocycles. The molecule has 6 heavy (non-hydrogen) atoms. The van der Waals surface area contributed by atoms with Gasteiger partial charge in [0, 0.05) is 19.5 Å². The van der Waals surface area contributed by atoms with Crippen LogP contribution in [0.2, 0.25) is 0 Å². The van der Waals surface area contributed by atoms with E-state index in [1.54, 1.807) is 6.07 Å². The molecule has 34 valence electrons. The zero-order valence-corrected chi connectivity index (χ0v) is 5.38. The van der Waals surface area contributed by atoms with Crippen molar-refractivity contribution in [2.45, 2.75) is 0 Å². The first-order chi connectivity index (χ1) is 2.27. The predicted octanol–water partition coefficient (Wildman–Crippen LogP) is 1.26. The number of rotatable bonds is 0. The van der Waals surface area contributed by atoms with Crippen LogP contribution in [0.1, 0.15) is 0 Å². The molecule has 0 saturated heterocycles. The van der Waals surface area contributed by atoms with E-state index in [1.807, 2.05) is 0 Å². The second-order valence-corrected chi connectivity index (χ2v) is 0.973. The van der Waals surface area contributed by atoms with Gasteiger partial charge in [-0.25, -0.2) is 0 Å². The molecule has 3 heteroatoms. The second-order valence-electron chi connectivity index (χ2n) is 0.517. The number of nitriles is 1. The Labute approximate surface area is 54.4 Å². The van der Waals surface area contributed by atoms with Gasteiger partial charge in [-0.2, -0.15) is 5.26 Å². The Balaban J connectivity index is 0. The van der Waals surface area contributed by atoms with Crippen LogP contribution in [0.5, 0.6) is 0 Å². The average Bonchev–Trinajstić information content (AvgIpc) is 1.38. The van der Waals surface area contributed by atoms with Gasteiger partial charge < -0.3 is 0 Å². The van der Waals surface area contributed by atoms with E-state index in [2.05, 4.69) is 6.58 Å². The maximum Gasteiger partial charge on any atom is 0.111 e. The Morgan fingerprint density at radius 2 is 2.00 bits per heavy atom. The summed E-state index contributed by atoms with van der Waals surface area (Å²) >= 11 is 4.91. The molecule has 0 spiro atoms. The number of nitrogens with zero attached hydrogens (tertiary/aromatic N) is 1. The van der Waals surface area contributed by atoms with Crippen molar-refractivity contribution in [3.05, 3.63) is 11.6 Å². The summed E-state index contributed by atoms with van der Waals surface area (Å²) in [7, 11) is 0. The Morgan fingerprint density at radius 1 is 1.83 bits per heavy atom. The first kappa shape index (κ1) is 9.47. The standard InChI is InChI=1S/C3H2ClN.Ru/c1-3(4)2-5;/h1H2;. The van der Waals surface area contributed by atoms with Crippen molar-refractivity contribution in [1.29, 1.82) is 5.26 Å². The van der Waals surface area contributed by atoms with Gasteiger partial charge in [0.25, 0.3) is 0 Å². The quantitative estimate of drug-likeness (QED) is 0.415. The van der Waals surface area contributed by atoms with E-state index >= 15 is 0 Å². The molecule has 0 bridgehead atoms. The molecule has 0 unspecified atom stereocenters. The Hall–Kier alpha value is 0.143. The van der Waals surface area contributed by atoms with Gasteiger partial charge in [0.15, 0.2) is 0 Å². The fourth-order valence-electron chi connectivity index (χ4n) is 0. The number of allylic oxidation sites excluding steroid dienone is 1. The SMILES string of the molecule is C=C(Cl)C#N.[Ru]. The van der Waals surface area contributed by atoms with Gasteiger partial charge in [-0.15, -0.1) is 0 Å². The molecule has 0 aliphatic carbocycles. The van der Waals surface area contributed by atoms with Crippen LogP contribution < -0.4 is 0 Å². The van der Waals surface area contributed by atoms with Gasteiger partial charge in [0.2, 0.25) is 0 Å². The Kier molecular flexibility index (Phi) is 8.12. The molecular formula is C3H2ClNRu. The summed E-state index contributed by atoms with van der Waals surface area (Å²) in [4.78, 5) is 0. The van der Waals surface area contributed by atoms with Gasteiger partial charge in [0.1, 0.15) is 11.1 Å². The molecular weight excluding hydrogens is 187 g/mol. The van der Waals surface area contributed by atoms with E-state index in [0.717, 1.165) is 0 Å². The van der Waals surface area contributed by atoms with Crippen LogP contribution >= 0.6 is 11.6 Å². The van der Waals surface area contributed by atoms with Crippen LogP contribution in [0.25, 0.3) is 0 Å². The minimum absolute atomic E-state index is 0. The molecule has 0 aromatic heterocycles. The van der Waals surface area contributed by atoms with Gasteiger partial charge in [-0.05, 0) is 0 Å². The summed E-state index contributed by atoms with van der Waals surface area (Å²) in [5, 5.41) is 7.69. The fourth-order valence-corrected chi connectivity index (χ4v) is 0. The van der Waals surface area contributed by atoms with E-state index in [4.69, 9.17) is 16.9 Å². The predicted molar refractivity (Wildman–Crippen MR) is 20.6 cm³/mol. The topological polar surface area (TPSA) is 23.8 Å². The van der Waals surface area contributed by atoms with E-state index in [1.165, 1.54) is 0 Å². The fraction of sp³-hybridized carbons (Fsp3) is 0. The molecule has 0 aliphatic rings. The normalized spacial score (nSPS) is 4.67. The molecule has 0 radical (unpaired) electrons. The van der Waals surface area contributed by atoms with E-state index in [9.17, 15) is 0 Å². The molecule has 0 aromatic carbocycles. The van der Waals surface area contributed by atoms with Crippen LogP contribution in [-0.2, 0) is 19.5 Å². The van der Waals surface area contributed by atoms with E-state index in [0.29, 0.717) is 0 Å². The third kappa shape index (κ3) is 8.91. The maximum atomic E-state index is 7.66. The molecule has 0 rings (SSSR count). The third-order valence-corrected chi connectivity index (χ3v) is 0.206. The summed E-state index contributed by atoms with van der Waals surface area (Å²) < 4.78 is 0. The summed E-state index contributed by atoms with van der Waals surface area (Å²) in [6, 6.07) is 1.60. The largest absolute Gasteiger partial charge is 0.191 e. The van der Waals surface area contributed by atoms with Crippen molar-refractivity contribution < 1.29 is 19.5 Å². The van der Waals surface area contributed by atoms with E-state index < -0.39 is 0 Å². The average molecular weight is 189 g/mol. The smallest absolute Gasteiger partial charge is 0.111 e. The number of hydrogen-bond acceptors (Lipinski definition) is 1. The molecule has 0 aliphatic heterocycles. The number of hydrogen-bond donors (Lipinski definition) is 0. The zero-order valence-electron chi connectivity index (χ0n) is 2.89. The first-order valence-electron chi connectivity index (χ1n) is 1.02. The molecule has 0 fully saturated rings. The minimum atomic E-state index is 0. The summed E-state index contributed by atoms with van der Waals surface area (Å²) in [6.45, 7) is 3.08. The van der Waals surface area contributed by atoms with Gasteiger partial charge in [-0.3, -0.25) is 0 Å². The van der Waals surface area contributed by atoms with E-state index in [-0.39, 0.29) is 24.5 Å². The van der Waals surface area contributed by atoms with Crippen LogP contribution in [0.3, 0.4) is 0 Å². The van der Waals surface area contributed by atoms with Gasteiger partial charge in [0.05, 0.1) is 0 Å². The number of halogens is 1. The van der Waals surface area contributed by atoms with Gasteiger partial charge >= 0.3 is 0 Å². The van der Waals surface area contributed by atoms with Crippen molar-refractivity contribution in [3.8, 4) is 6.07 Å². The molecule has 0 saturated carbocycles. The monoisotopic (exact) mass is 189 g/mol. The van der Waals surface area contributed by atoms with Crippen molar-refractivity contribution >= 4 is 11.6 Å². The summed E-state index contributed by atoms with van der Waals surface area (Å²) in [5.41, 5.74) is 0. The van der Waals surface area contributed by atoms with Gasteiger partial charge in [-0.1, -0.05) is 18.2 Å². The third-order valence-electron chi connectivity index (χ3n) is 0.121. The molecule has 1 nitrogen and oxygen atoms in total. The van der Waals surface area contributed by atoms with Crippen molar-refractivity contribution in [2.75, 3.05) is 0 Å². The first-order valence-corrected chi connectivity index (χ1v) is 1.39. The summed E-state index contributed by atoms with van der Waals surface area (Å²) in [6.07, 6.45) is 0. The molecule has 0 aromatic rings. The summed E-state index contributed by atoms with van der Waals surface area (Å²) in [5.74, 6) is 0. The Bertz CT molecular complexity index is 83.3. The molecule has 0 N–H and O–H groups in total. The molecule has 0 atom stereocenters. The molecule has 0 amide bonds. The van der Waals surface area contributed by atoms with Crippen LogP contribution in [-0.4, -0.2) is 0 Å². The van der Waals surface area contributed by atoms with Crippen molar-refractivity contribution in [3.63, 3.8) is 0 Å². The zero-order chi connectivity index (χ0) is 4.28. The van der Waals surface area contributed by atoms with Crippen molar-refractivity contribution in [1.82, 2.24) is 0 Å². The second kappa shape index (κ2) is 5.14. The Morgan fingerprint density at radius 3 is 2.00 bits per heavy atom. The minimum Gasteiger partial charge on any atom is -0.191 e.